The first-order valence-electron chi connectivity index (χ1n) is 6.09. The fourth-order valence-corrected chi connectivity index (χ4v) is 2.00. The van der Waals surface area contributed by atoms with Crippen LogP contribution in [0, 0.1) is 0 Å². The average molecular weight is 275 g/mol. The summed E-state index contributed by atoms with van der Waals surface area (Å²) in [4.78, 5) is 22.7. The number of rotatable bonds is 4. The smallest absolute Gasteiger partial charge is 0.268 e. The molecule has 0 aliphatic heterocycles. The van der Waals surface area contributed by atoms with Crippen LogP contribution in [0.2, 0.25) is 0 Å². The molecule has 2 rings (SSSR count). The van der Waals surface area contributed by atoms with Crippen molar-refractivity contribution in [3.05, 3.63) is 30.0 Å². The maximum atomic E-state index is 12.1. The van der Waals surface area contributed by atoms with Gasteiger partial charge in [-0.25, -0.2) is 0 Å². The number of hydrogen-bond donors (Lipinski definition) is 1. The number of carbonyl (C=O) groups is 2. The minimum atomic E-state index is -1.32. The van der Waals surface area contributed by atoms with E-state index in [1.165, 1.54) is 6.92 Å². The van der Waals surface area contributed by atoms with Crippen molar-refractivity contribution in [1.29, 1.82) is 0 Å². The first-order valence-corrected chi connectivity index (χ1v) is 6.09. The molecule has 0 spiro atoms. The van der Waals surface area contributed by atoms with Crippen LogP contribution in [0.3, 0.4) is 0 Å². The van der Waals surface area contributed by atoms with Crippen LogP contribution in [-0.2, 0) is 11.8 Å². The molecule has 0 saturated carbocycles. The number of amides is 1. The quantitative estimate of drug-likeness (QED) is 0.855. The number of ether oxygens (including phenoxy) is 1. The molecule has 0 unspecified atom stereocenters. The molecule has 1 heterocycles. The number of carboxylic acids is 1. The highest BCUT2D eigenvalue weighted by molar-refractivity contribution is 6.00. The number of aliphatic carboxylic acids is 1. The Morgan fingerprint density at radius 3 is 2.65 bits per heavy atom. The van der Waals surface area contributed by atoms with Crippen LogP contribution in [0.4, 0.5) is 0 Å². The molecule has 1 aromatic heterocycles. The third kappa shape index (κ3) is 2.45. The lowest BCUT2D eigenvalue weighted by Crippen LogP contribution is -2.46. The molecule has 106 valence electrons. The monoisotopic (exact) mass is 275 g/mol. The Bertz CT molecular complexity index is 675. The van der Waals surface area contributed by atoms with Crippen LogP contribution in [0.5, 0.6) is 5.75 Å². The van der Waals surface area contributed by atoms with E-state index in [1.54, 1.807) is 30.9 Å². The molecule has 1 atom stereocenters. The van der Waals surface area contributed by atoms with E-state index in [2.05, 4.69) is 5.32 Å². The lowest BCUT2D eigenvalue weighted by atomic mass is 10.2. The van der Waals surface area contributed by atoms with Gasteiger partial charge in [-0.05, 0) is 31.2 Å². The minimum Gasteiger partial charge on any atom is -0.548 e. The lowest BCUT2D eigenvalue weighted by Gasteiger charge is -2.14. The number of fused-ring (bicyclic) bond motifs is 1. The summed E-state index contributed by atoms with van der Waals surface area (Å²) in [5, 5.41) is 13.9. The zero-order valence-electron chi connectivity index (χ0n) is 11.5. The number of carbonyl (C=O) groups excluding carboxylic acids is 2. The molecule has 2 aromatic rings. The number of methoxy groups -OCH3 is 1. The predicted molar refractivity (Wildman–Crippen MR) is 71.4 cm³/mol. The summed E-state index contributed by atoms with van der Waals surface area (Å²) in [6.45, 7) is 1.36. The van der Waals surface area contributed by atoms with Gasteiger partial charge >= 0.3 is 0 Å². The van der Waals surface area contributed by atoms with Crippen molar-refractivity contribution in [1.82, 2.24) is 9.88 Å². The fraction of sp³-hybridized carbons (Fsp3) is 0.286. The Hall–Kier alpha value is -2.50. The molecule has 0 aliphatic rings. The molecule has 0 radical (unpaired) electrons. The summed E-state index contributed by atoms with van der Waals surface area (Å²) in [7, 11) is 3.31. The zero-order chi connectivity index (χ0) is 14.9. The highest BCUT2D eigenvalue weighted by Crippen LogP contribution is 2.23. The van der Waals surface area contributed by atoms with E-state index in [4.69, 9.17) is 4.74 Å². The van der Waals surface area contributed by atoms with Gasteiger partial charge in [-0.2, -0.15) is 0 Å². The zero-order valence-corrected chi connectivity index (χ0v) is 11.5. The summed E-state index contributed by atoms with van der Waals surface area (Å²) >= 11 is 0. The molecular weight excluding hydrogens is 260 g/mol. The van der Waals surface area contributed by atoms with E-state index < -0.39 is 17.9 Å². The molecule has 6 nitrogen and oxygen atoms in total. The molecule has 0 fully saturated rings. The number of aromatic nitrogens is 1. The molecule has 6 heteroatoms. The number of benzene rings is 1. The molecular formula is C14H15N2O4-. The molecule has 20 heavy (non-hydrogen) atoms. The number of nitrogens with zero attached hydrogens (tertiary/aromatic N) is 1. The van der Waals surface area contributed by atoms with Gasteiger partial charge in [0.1, 0.15) is 11.4 Å². The first-order chi connectivity index (χ1) is 9.43. The third-order valence-electron chi connectivity index (χ3n) is 3.18. The second-order valence-corrected chi connectivity index (χ2v) is 4.53. The first kappa shape index (κ1) is 13.9. The fourth-order valence-electron chi connectivity index (χ4n) is 2.00. The number of carboxylic acid groups (broad SMARTS) is 1. The summed E-state index contributed by atoms with van der Waals surface area (Å²) in [6, 6.07) is 6.10. The van der Waals surface area contributed by atoms with Crippen LogP contribution >= 0.6 is 0 Å². The third-order valence-corrected chi connectivity index (χ3v) is 3.18. The van der Waals surface area contributed by atoms with E-state index >= 15 is 0 Å². The summed E-state index contributed by atoms with van der Waals surface area (Å²) < 4.78 is 6.83. The van der Waals surface area contributed by atoms with Gasteiger partial charge in [0.2, 0.25) is 0 Å². The number of nitrogens with one attached hydrogen (secondary N) is 1. The standard InChI is InChI=1S/C14H16N2O4/c1-8(14(18)19)15-13(17)12-7-9-6-10(20-3)4-5-11(9)16(12)2/h4-8H,1-3H3,(H,15,17)(H,18,19)/p-1/t8-/m0/s1. The van der Waals surface area contributed by atoms with E-state index in [0.717, 1.165) is 10.9 Å². The second-order valence-electron chi connectivity index (χ2n) is 4.53. The van der Waals surface area contributed by atoms with Gasteiger partial charge in [0.15, 0.2) is 0 Å². The molecule has 0 bridgehead atoms. The second kappa shape index (κ2) is 5.24. The number of aryl methyl sites for hydroxylation is 1. The highest BCUT2D eigenvalue weighted by Gasteiger charge is 2.16. The van der Waals surface area contributed by atoms with E-state index in [-0.39, 0.29) is 0 Å². The maximum Gasteiger partial charge on any atom is 0.268 e. The van der Waals surface area contributed by atoms with Crippen molar-refractivity contribution in [2.45, 2.75) is 13.0 Å². The van der Waals surface area contributed by atoms with Crippen molar-refractivity contribution in [2.24, 2.45) is 7.05 Å². The topological polar surface area (TPSA) is 83.4 Å². The Balaban J connectivity index is 2.37. The SMILES string of the molecule is COc1ccc2c(c1)cc(C(=O)N[C@@H](C)C(=O)[O-])n2C. The predicted octanol–water partition coefficient (Wildman–Crippen LogP) is 0.0551. The largest absolute Gasteiger partial charge is 0.548 e. The molecule has 1 N–H and O–H groups in total. The van der Waals surface area contributed by atoms with Crippen molar-refractivity contribution < 1.29 is 19.4 Å². The molecule has 1 aromatic carbocycles. The normalized spacial score (nSPS) is 12.2. The van der Waals surface area contributed by atoms with Crippen molar-refractivity contribution in [2.75, 3.05) is 7.11 Å². The van der Waals surface area contributed by atoms with E-state index in [0.29, 0.717) is 11.4 Å². The molecule has 0 aliphatic carbocycles. The van der Waals surface area contributed by atoms with Gasteiger partial charge in [-0.3, -0.25) is 4.79 Å². The Kier molecular flexibility index (Phi) is 3.65. The highest BCUT2D eigenvalue weighted by atomic mass is 16.5. The maximum absolute atomic E-state index is 12.1. The minimum absolute atomic E-state index is 0.376. The van der Waals surface area contributed by atoms with Crippen LogP contribution in [0.15, 0.2) is 24.3 Å². The summed E-state index contributed by atoms with van der Waals surface area (Å²) in [6.07, 6.45) is 0. The average Bonchev–Trinajstić information content (AvgIpc) is 2.75. The van der Waals surface area contributed by atoms with E-state index in [1.807, 2.05) is 12.1 Å². The van der Waals surface area contributed by atoms with E-state index in [9.17, 15) is 14.7 Å². The van der Waals surface area contributed by atoms with Crippen LogP contribution in [0.25, 0.3) is 10.9 Å². The van der Waals surface area contributed by atoms with Crippen LogP contribution < -0.4 is 15.2 Å². The Morgan fingerprint density at radius 1 is 1.35 bits per heavy atom. The van der Waals surface area contributed by atoms with Gasteiger partial charge in [-0.15, -0.1) is 0 Å². The van der Waals surface area contributed by atoms with Crippen molar-refractivity contribution in [3.63, 3.8) is 0 Å². The van der Waals surface area contributed by atoms with Crippen LogP contribution in [0.1, 0.15) is 17.4 Å². The van der Waals surface area contributed by atoms with Gasteiger partial charge < -0.3 is 24.5 Å². The molecule has 1 amide bonds. The number of hydrogen-bond acceptors (Lipinski definition) is 4. The van der Waals surface area contributed by atoms with Gasteiger partial charge in [0.25, 0.3) is 5.91 Å². The Morgan fingerprint density at radius 2 is 2.05 bits per heavy atom. The summed E-state index contributed by atoms with van der Waals surface area (Å²) in [5.41, 5.74) is 1.23. The van der Waals surface area contributed by atoms with Gasteiger partial charge in [0, 0.05) is 18.0 Å². The van der Waals surface area contributed by atoms with Crippen molar-refractivity contribution in [3.8, 4) is 5.75 Å². The van der Waals surface area contributed by atoms with Crippen molar-refractivity contribution >= 4 is 22.8 Å². The summed E-state index contributed by atoms with van der Waals surface area (Å²) in [5.74, 6) is -1.09. The molecule has 0 saturated heterocycles. The van der Waals surface area contributed by atoms with Crippen LogP contribution in [-0.4, -0.2) is 29.6 Å². The van der Waals surface area contributed by atoms with Gasteiger partial charge in [-0.1, -0.05) is 0 Å². The van der Waals surface area contributed by atoms with Gasteiger partial charge in [0.05, 0.1) is 19.1 Å². The lowest BCUT2D eigenvalue weighted by molar-refractivity contribution is -0.307. The Labute approximate surface area is 116 Å².